The molecule has 0 unspecified atom stereocenters. The molecule has 12 heteroatoms. The predicted molar refractivity (Wildman–Crippen MR) is 96.9 cm³/mol. The van der Waals surface area contributed by atoms with Crippen molar-refractivity contribution in [2.45, 2.75) is 11.1 Å². The van der Waals surface area contributed by atoms with Crippen molar-refractivity contribution in [2.75, 3.05) is 7.11 Å². The summed E-state index contributed by atoms with van der Waals surface area (Å²) in [6.45, 7) is 0. The Bertz CT molecular complexity index is 1190. The molecule has 2 N–H and O–H groups in total. The number of aromatic nitrogens is 2. The number of halogens is 5. The fourth-order valence-electron chi connectivity index (χ4n) is 2.59. The molecule has 154 valence electrons. The molecule has 0 amide bonds. The van der Waals surface area contributed by atoms with Crippen LogP contribution in [0.1, 0.15) is 5.69 Å². The molecule has 0 saturated carbocycles. The number of ether oxygens (including phenoxy) is 1. The van der Waals surface area contributed by atoms with Crippen molar-refractivity contribution < 1.29 is 30.7 Å². The van der Waals surface area contributed by atoms with E-state index in [0.717, 1.165) is 22.9 Å². The van der Waals surface area contributed by atoms with Crippen LogP contribution in [0.15, 0.2) is 47.4 Å². The molecule has 1 aromatic heterocycles. The number of alkyl halides is 3. The highest BCUT2D eigenvalue weighted by molar-refractivity contribution is 7.89. The molecule has 29 heavy (non-hydrogen) atoms. The molecule has 3 rings (SSSR count). The Hall–Kier alpha value is -2.63. The summed E-state index contributed by atoms with van der Waals surface area (Å²) in [4.78, 5) is -0.781. The zero-order chi connectivity index (χ0) is 21.6. The summed E-state index contributed by atoms with van der Waals surface area (Å²) in [5, 5.41) is 8.70. The quantitative estimate of drug-likeness (QED) is 0.610. The molecule has 0 saturated heterocycles. The Morgan fingerprint density at radius 2 is 1.83 bits per heavy atom. The number of sulfonamides is 1. The summed E-state index contributed by atoms with van der Waals surface area (Å²) in [6, 6.07) is 7.63. The summed E-state index contributed by atoms with van der Waals surface area (Å²) in [7, 11) is -3.00. The lowest BCUT2D eigenvalue weighted by atomic mass is 10.1. The van der Waals surface area contributed by atoms with Crippen molar-refractivity contribution in [3.05, 3.63) is 59.0 Å². The fraction of sp³-hybridized carbons (Fsp3) is 0.118. The highest BCUT2D eigenvalue weighted by atomic mass is 35.5. The summed E-state index contributed by atoms with van der Waals surface area (Å²) >= 11 is 5.95. The maximum absolute atomic E-state index is 14.2. The molecule has 0 radical (unpaired) electrons. The van der Waals surface area contributed by atoms with Crippen molar-refractivity contribution in [1.29, 1.82) is 0 Å². The summed E-state index contributed by atoms with van der Waals surface area (Å²) in [5.74, 6) is -1.02. The second-order valence-electron chi connectivity index (χ2n) is 5.83. The molecule has 0 aliphatic carbocycles. The SMILES string of the molecule is COc1cc(-n2nc(C(F)(F)F)cc2-c2ccc(S(N)(=O)=O)c(F)c2)ccc1Cl. The van der Waals surface area contributed by atoms with Gasteiger partial charge in [-0.2, -0.15) is 18.3 Å². The van der Waals surface area contributed by atoms with Crippen LogP contribution >= 0.6 is 11.6 Å². The minimum absolute atomic E-state index is 0.0492. The second kappa shape index (κ2) is 7.32. The van der Waals surface area contributed by atoms with E-state index < -0.39 is 32.6 Å². The van der Waals surface area contributed by atoms with Crippen molar-refractivity contribution in [1.82, 2.24) is 9.78 Å². The summed E-state index contributed by atoms with van der Waals surface area (Å²) in [6.07, 6.45) is -4.77. The van der Waals surface area contributed by atoms with Crippen LogP contribution in [-0.4, -0.2) is 25.3 Å². The van der Waals surface area contributed by atoms with Gasteiger partial charge >= 0.3 is 6.18 Å². The third-order valence-corrected chi connectivity index (χ3v) is 5.17. The van der Waals surface area contributed by atoms with Gasteiger partial charge < -0.3 is 4.74 Å². The third kappa shape index (κ3) is 4.21. The minimum atomic E-state index is -4.77. The monoisotopic (exact) mass is 449 g/mol. The number of primary sulfonamides is 1. The fourth-order valence-corrected chi connectivity index (χ4v) is 3.38. The first kappa shape index (κ1) is 21.1. The molecule has 3 aromatic rings. The molecule has 2 aromatic carbocycles. The van der Waals surface area contributed by atoms with E-state index in [-0.39, 0.29) is 27.7 Å². The van der Waals surface area contributed by atoms with Crippen LogP contribution in [0.5, 0.6) is 5.75 Å². The molecule has 0 spiro atoms. The number of benzene rings is 2. The van der Waals surface area contributed by atoms with Crippen molar-refractivity contribution in [2.24, 2.45) is 5.14 Å². The largest absolute Gasteiger partial charge is 0.495 e. The first-order chi connectivity index (χ1) is 13.4. The van der Waals surface area contributed by atoms with E-state index in [0.29, 0.717) is 6.07 Å². The average Bonchev–Trinajstić information content (AvgIpc) is 3.06. The highest BCUT2D eigenvalue weighted by Crippen LogP contribution is 2.35. The van der Waals surface area contributed by atoms with Gasteiger partial charge in [0.2, 0.25) is 10.0 Å². The smallest absolute Gasteiger partial charge is 0.435 e. The van der Waals surface area contributed by atoms with Gasteiger partial charge in [-0.25, -0.2) is 22.6 Å². The van der Waals surface area contributed by atoms with Gasteiger partial charge in [0.05, 0.1) is 23.5 Å². The van der Waals surface area contributed by atoms with E-state index in [1.54, 1.807) is 0 Å². The van der Waals surface area contributed by atoms with E-state index in [2.05, 4.69) is 5.10 Å². The van der Waals surface area contributed by atoms with Gasteiger partial charge in [0.15, 0.2) is 5.69 Å². The van der Waals surface area contributed by atoms with Crippen LogP contribution in [0.25, 0.3) is 16.9 Å². The first-order valence-electron chi connectivity index (χ1n) is 7.75. The van der Waals surface area contributed by atoms with E-state index in [1.807, 2.05) is 0 Å². The Kier molecular flexibility index (Phi) is 5.32. The van der Waals surface area contributed by atoms with Crippen LogP contribution in [0.3, 0.4) is 0 Å². The standard InChI is InChI=1S/C17H12ClF4N3O3S/c1-28-14-7-10(3-4-11(14)18)25-13(8-16(24-25)17(20,21)22)9-2-5-15(12(19)6-9)29(23,26)27/h2-8H,1H3,(H2,23,26,27). The number of hydrogen-bond donors (Lipinski definition) is 1. The van der Waals surface area contributed by atoms with Gasteiger partial charge in [-0.1, -0.05) is 17.7 Å². The molecule has 0 aliphatic heterocycles. The molecule has 0 bridgehead atoms. The molecule has 0 atom stereocenters. The summed E-state index contributed by atoms with van der Waals surface area (Å²) < 4.78 is 82.7. The molecule has 0 fully saturated rings. The Balaban J connectivity index is 2.24. The Morgan fingerprint density at radius 3 is 2.38 bits per heavy atom. The lowest BCUT2D eigenvalue weighted by Gasteiger charge is -2.11. The Morgan fingerprint density at radius 1 is 1.14 bits per heavy atom. The topological polar surface area (TPSA) is 87.2 Å². The van der Waals surface area contributed by atoms with Crippen LogP contribution in [0.4, 0.5) is 17.6 Å². The van der Waals surface area contributed by atoms with Gasteiger partial charge in [-0.05, 0) is 30.3 Å². The van der Waals surface area contributed by atoms with Gasteiger partial charge in [-0.15, -0.1) is 0 Å². The van der Waals surface area contributed by atoms with E-state index in [1.165, 1.54) is 25.3 Å². The van der Waals surface area contributed by atoms with Gasteiger partial charge in [0, 0.05) is 11.6 Å². The maximum atomic E-state index is 14.2. The van der Waals surface area contributed by atoms with Crippen molar-refractivity contribution in [3.8, 4) is 22.7 Å². The van der Waals surface area contributed by atoms with Crippen molar-refractivity contribution >= 4 is 21.6 Å². The van der Waals surface area contributed by atoms with Gasteiger partial charge in [0.25, 0.3) is 0 Å². The van der Waals surface area contributed by atoms with Gasteiger partial charge in [0.1, 0.15) is 16.5 Å². The second-order valence-corrected chi connectivity index (χ2v) is 7.77. The lowest BCUT2D eigenvalue weighted by Crippen LogP contribution is -2.14. The number of nitrogens with two attached hydrogens (primary N) is 1. The lowest BCUT2D eigenvalue weighted by molar-refractivity contribution is -0.141. The number of nitrogens with zero attached hydrogens (tertiary/aromatic N) is 2. The zero-order valence-electron chi connectivity index (χ0n) is 14.5. The molecule has 1 heterocycles. The van der Waals surface area contributed by atoms with E-state index in [9.17, 15) is 26.0 Å². The van der Waals surface area contributed by atoms with Crippen LogP contribution in [0.2, 0.25) is 5.02 Å². The van der Waals surface area contributed by atoms with Crippen molar-refractivity contribution in [3.63, 3.8) is 0 Å². The molecular formula is C17H12ClF4N3O3S. The van der Waals surface area contributed by atoms with Crippen LogP contribution in [0, 0.1) is 5.82 Å². The molecular weight excluding hydrogens is 438 g/mol. The van der Waals surface area contributed by atoms with Crippen LogP contribution < -0.4 is 9.88 Å². The number of hydrogen-bond acceptors (Lipinski definition) is 4. The highest BCUT2D eigenvalue weighted by Gasteiger charge is 2.35. The maximum Gasteiger partial charge on any atom is 0.435 e. The average molecular weight is 450 g/mol. The predicted octanol–water partition coefficient (Wildman–Crippen LogP) is 4.01. The third-order valence-electron chi connectivity index (χ3n) is 3.91. The molecule has 6 nitrogen and oxygen atoms in total. The number of methoxy groups -OCH3 is 1. The van der Waals surface area contributed by atoms with Gasteiger partial charge in [-0.3, -0.25) is 0 Å². The number of rotatable bonds is 4. The normalized spacial score (nSPS) is 12.2. The zero-order valence-corrected chi connectivity index (χ0v) is 16.1. The Labute approximate surface area is 167 Å². The van der Waals surface area contributed by atoms with E-state index >= 15 is 0 Å². The van der Waals surface area contributed by atoms with E-state index in [4.69, 9.17) is 21.5 Å². The molecule has 0 aliphatic rings. The minimum Gasteiger partial charge on any atom is -0.495 e. The van der Waals surface area contributed by atoms with Crippen LogP contribution in [-0.2, 0) is 16.2 Å². The summed E-state index contributed by atoms with van der Waals surface area (Å²) in [5.41, 5.74) is -1.25. The first-order valence-corrected chi connectivity index (χ1v) is 9.68.